The van der Waals surface area contributed by atoms with Gasteiger partial charge in [-0.2, -0.15) is 0 Å². The van der Waals surface area contributed by atoms with E-state index < -0.39 is 42.0 Å². The Balaban J connectivity index is 2.84. The van der Waals surface area contributed by atoms with E-state index in [1.807, 2.05) is 0 Å². The third-order valence-electron chi connectivity index (χ3n) is 3.89. The zero-order chi connectivity index (χ0) is 17.0. The van der Waals surface area contributed by atoms with Crippen molar-refractivity contribution in [3.63, 3.8) is 0 Å². The fraction of sp³-hybridized carbons (Fsp3) is 0.786. The maximum atomic E-state index is 12.5. The quantitative estimate of drug-likeness (QED) is 0.492. The number of rotatable bonds is 6. The minimum atomic E-state index is -1.20. The number of aliphatic hydroxyl groups is 1. The van der Waals surface area contributed by atoms with Crippen molar-refractivity contribution in [3.05, 3.63) is 0 Å². The number of hydrogen-bond donors (Lipinski definition) is 4. The number of carbonyl (C=O) groups excluding carboxylic acids is 2. The van der Waals surface area contributed by atoms with Crippen LogP contribution in [0.2, 0.25) is 0 Å². The van der Waals surface area contributed by atoms with Crippen LogP contribution >= 0.6 is 0 Å². The Labute approximate surface area is 129 Å². The summed E-state index contributed by atoms with van der Waals surface area (Å²) in [5, 5.41) is 21.4. The normalized spacial score (nSPS) is 22.3. The summed E-state index contributed by atoms with van der Waals surface area (Å²) >= 11 is 0. The summed E-state index contributed by atoms with van der Waals surface area (Å²) in [6.07, 6.45) is -0.201. The Hall–Kier alpha value is -1.67. The van der Waals surface area contributed by atoms with Gasteiger partial charge in [-0.15, -0.1) is 0 Å². The Morgan fingerprint density at radius 2 is 1.86 bits per heavy atom. The zero-order valence-electron chi connectivity index (χ0n) is 13.2. The lowest BCUT2D eigenvalue weighted by Gasteiger charge is -2.29. The molecule has 8 nitrogen and oxygen atoms in total. The van der Waals surface area contributed by atoms with Crippen molar-refractivity contribution >= 4 is 17.8 Å². The van der Waals surface area contributed by atoms with Gasteiger partial charge in [0.15, 0.2) is 0 Å². The Bertz CT molecular complexity index is 438. The molecule has 1 rings (SSSR count). The highest BCUT2D eigenvalue weighted by Gasteiger charge is 2.39. The first kappa shape index (κ1) is 18.4. The first-order valence-electron chi connectivity index (χ1n) is 7.44. The van der Waals surface area contributed by atoms with Gasteiger partial charge in [-0.1, -0.05) is 13.8 Å². The monoisotopic (exact) mass is 315 g/mol. The van der Waals surface area contributed by atoms with Crippen molar-refractivity contribution in [1.82, 2.24) is 10.2 Å². The highest BCUT2D eigenvalue weighted by atomic mass is 16.4. The van der Waals surface area contributed by atoms with E-state index in [1.165, 1.54) is 11.8 Å². The van der Waals surface area contributed by atoms with E-state index in [9.17, 15) is 19.5 Å². The number of carboxylic acid groups (broad SMARTS) is 1. The van der Waals surface area contributed by atoms with Crippen molar-refractivity contribution in [3.8, 4) is 0 Å². The third kappa shape index (κ3) is 4.17. The average Bonchev–Trinajstić information content (AvgIpc) is 2.91. The molecule has 0 unspecified atom stereocenters. The first-order valence-corrected chi connectivity index (χ1v) is 7.44. The minimum absolute atomic E-state index is 0.122. The Morgan fingerprint density at radius 1 is 1.27 bits per heavy atom. The van der Waals surface area contributed by atoms with Crippen LogP contribution in [0.4, 0.5) is 0 Å². The number of carbonyl (C=O) groups is 3. The van der Waals surface area contributed by atoms with Gasteiger partial charge in [0.05, 0.1) is 12.1 Å². The number of nitrogens with two attached hydrogens (primary N) is 1. The lowest BCUT2D eigenvalue weighted by Crippen LogP contribution is -2.58. The minimum Gasteiger partial charge on any atom is -0.480 e. The van der Waals surface area contributed by atoms with Crippen molar-refractivity contribution in [2.45, 2.75) is 57.8 Å². The SMILES string of the molecule is CC(C)[C@H](N)C(=O)N[C@H](C(=O)N1CCC[C@@H]1C(=O)O)[C@@H](C)O. The van der Waals surface area contributed by atoms with Crippen LogP contribution in [0.25, 0.3) is 0 Å². The molecule has 0 aliphatic carbocycles. The van der Waals surface area contributed by atoms with E-state index >= 15 is 0 Å². The number of nitrogens with zero attached hydrogens (tertiary/aromatic N) is 1. The van der Waals surface area contributed by atoms with Gasteiger partial charge in [0, 0.05) is 6.54 Å². The van der Waals surface area contributed by atoms with Crippen LogP contribution in [0.3, 0.4) is 0 Å². The lowest BCUT2D eigenvalue weighted by molar-refractivity contribution is -0.150. The van der Waals surface area contributed by atoms with E-state index in [0.717, 1.165) is 0 Å². The van der Waals surface area contributed by atoms with Crippen LogP contribution < -0.4 is 11.1 Å². The second-order valence-electron chi connectivity index (χ2n) is 6.02. The summed E-state index contributed by atoms with van der Waals surface area (Å²) in [5.41, 5.74) is 5.72. The number of hydrogen-bond acceptors (Lipinski definition) is 5. The Morgan fingerprint density at radius 3 is 2.32 bits per heavy atom. The van der Waals surface area contributed by atoms with E-state index in [0.29, 0.717) is 19.4 Å². The molecule has 0 spiro atoms. The van der Waals surface area contributed by atoms with Crippen LogP contribution in [0, 0.1) is 5.92 Å². The molecule has 0 radical (unpaired) electrons. The van der Waals surface area contributed by atoms with Crippen molar-refractivity contribution < 1.29 is 24.6 Å². The Kier molecular flexibility index (Phi) is 6.31. The molecule has 8 heteroatoms. The molecule has 1 aliphatic rings. The topological polar surface area (TPSA) is 133 Å². The van der Waals surface area contributed by atoms with E-state index in [2.05, 4.69) is 5.32 Å². The van der Waals surface area contributed by atoms with E-state index in [4.69, 9.17) is 10.8 Å². The number of amides is 2. The largest absolute Gasteiger partial charge is 0.480 e. The summed E-state index contributed by atoms with van der Waals surface area (Å²) < 4.78 is 0. The second-order valence-corrected chi connectivity index (χ2v) is 6.02. The fourth-order valence-corrected chi connectivity index (χ4v) is 2.41. The van der Waals surface area contributed by atoms with E-state index in [1.54, 1.807) is 13.8 Å². The second kappa shape index (κ2) is 7.55. The molecule has 22 heavy (non-hydrogen) atoms. The molecule has 5 N–H and O–H groups in total. The van der Waals surface area contributed by atoms with Gasteiger partial charge in [0.1, 0.15) is 12.1 Å². The molecule has 1 fully saturated rings. The summed E-state index contributed by atoms with van der Waals surface area (Å²) in [6.45, 7) is 5.20. The van der Waals surface area contributed by atoms with Crippen LogP contribution in [0.5, 0.6) is 0 Å². The molecule has 0 saturated carbocycles. The molecule has 1 saturated heterocycles. The molecule has 1 aliphatic heterocycles. The van der Waals surface area contributed by atoms with Crippen molar-refractivity contribution in [2.75, 3.05) is 6.54 Å². The standard InChI is InChI=1S/C14H25N3O5/c1-7(2)10(15)12(19)16-11(8(3)18)13(20)17-6-4-5-9(17)14(21)22/h7-11,18H,4-6,15H2,1-3H3,(H,16,19)(H,21,22)/t8-,9-,10+,11+/m1/s1. The molecule has 0 aromatic heterocycles. The average molecular weight is 315 g/mol. The molecule has 2 amide bonds. The lowest BCUT2D eigenvalue weighted by atomic mass is 10.0. The molecule has 4 atom stereocenters. The van der Waals surface area contributed by atoms with Crippen molar-refractivity contribution in [1.29, 1.82) is 0 Å². The van der Waals surface area contributed by atoms with Gasteiger partial charge in [-0.05, 0) is 25.7 Å². The predicted octanol–water partition coefficient (Wildman–Crippen LogP) is -1.09. The maximum absolute atomic E-state index is 12.5. The van der Waals surface area contributed by atoms with Gasteiger partial charge in [-0.25, -0.2) is 4.79 Å². The van der Waals surface area contributed by atoms with Crippen LogP contribution in [-0.2, 0) is 14.4 Å². The number of aliphatic carboxylic acids is 1. The third-order valence-corrected chi connectivity index (χ3v) is 3.89. The number of aliphatic hydroxyl groups excluding tert-OH is 1. The summed E-state index contributed by atoms with van der Waals surface area (Å²) in [6, 6.07) is -2.91. The molecule has 0 aromatic carbocycles. The molecule has 1 heterocycles. The fourth-order valence-electron chi connectivity index (χ4n) is 2.41. The predicted molar refractivity (Wildman–Crippen MR) is 78.8 cm³/mol. The molecular formula is C14H25N3O5. The summed E-state index contributed by atoms with van der Waals surface area (Å²) in [7, 11) is 0. The smallest absolute Gasteiger partial charge is 0.326 e. The zero-order valence-corrected chi connectivity index (χ0v) is 13.2. The van der Waals surface area contributed by atoms with Crippen LogP contribution in [0.15, 0.2) is 0 Å². The molecule has 0 aromatic rings. The van der Waals surface area contributed by atoms with E-state index in [-0.39, 0.29) is 5.92 Å². The number of likely N-dealkylation sites (tertiary alicyclic amines) is 1. The van der Waals surface area contributed by atoms with Gasteiger partial charge >= 0.3 is 5.97 Å². The van der Waals surface area contributed by atoms with Crippen LogP contribution in [0.1, 0.15) is 33.6 Å². The highest BCUT2D eigenvalue weighted by molar-refractivity contribution is 5.92. The number of nitrogens with one attached hydrogen (secondary N) is 1. The molecule has 126 valence electrons. The highest BCUT2D eigenvalue weighted by Crippen LogP contribution is 2.19. The van der Waals surface area contributed by atoms with Crippen LogP contribution in [-0.4, -0.2) is 63.7 Å². The summed E-state index contributed by atoms with van der Waals surface area (Å²) in [4.78, 5) is 36.8. The maximum Gasteiger partial charge on any atom is 0.326 e. The van der Waals surface area contributed by atoms with Gasteiger partial charge in [0.2, 0.25) is 11.8 Å². The molecular weight excluding hydrogens is 290 g/mol. The number of carboxylic acids is 1. The first-order chi connectivity index (χ1) is 10.2. The van der Waals surface area contributed by atoms with Crippen molar-refractivity contribution in [2.24, 2.45) is 11.7 Å². The van der Waals surface area contributed by atoms with Gasteiger partial charge in [-0.3, -0.25) is 9.59 Å². The molecule has 0 bridgehead atoms. The summed E-state index contributed by atoms with van der Waals surface area (Å²) in [5.74, 6) is -2.34. The van der Waals surface area contributed by atoms with Gasteiger partial charge < -0.3 is 26.2 Å². The van der Waals surface area contributed by atoms with Gasteiger partial charge in [0.25, 0.3) is 0 Å².